The zero-order chi connectivity index (χ0) is 18.5. The number of aromatic nitrogens is 1. The Labute approximate surface area is 152 Å². The zero-order valence-corrected chi connectivity index (χ0v) is 14.2. The first-order valence-electron chi connectivity index (χ1n) is 8.28. The van der Waals surface area contributed by atoms with Crippen LogP contribution in [0.1, 0.15) is 10.4 Å². The lowest BCUT2D eigenvalue weighted by atomic mass is 10.1. The molecule has 27 heavy (non-hydrogen) atoms. The lowest BCUT2D eigenvalue weighted by molar-refractivity contribution is 0.0697. The molecule has 0 unspecified atom stereocenters. The number of hydrogen-bond acceptors (Lipinski definition) is 5. The minimum Gasteiger partial charge on any atom is -0.493 e. The average molecular weight is 359 g/mol. The van der Waals surface area contributed by atoms with Gasteiger partial charge in [-0.25, -0.2) is 9.78 Å². The number of carbonyl (C=O) groups is 1. The quantitative estimate of drug-likeness (QED) is 0.482. The Kier molecular flexibility index (Phi) is 3.21. The predicted molar refractivity (Wildman–Crippen MR) is 100 cm³/mol. The van der Waals surface area contributed by atoms with Gasteiger partial charge in [-0.1, -0.05) is 18.2 Å². The van der Waals surface area contributed by atoms with Crippen LogP contribution in [0.15, 0.2) is 63.4 Å². The first-order valence-corrected chi connectivity index (χ1v) is 8.28. The van der Waals surface area contributed by atoms with Crippen molar-refractivity contribution in [2.24, 2.45) is 0 Å². The van der Waals surface area contributed by atoms with Crippen molar-refractivity contribution in [3.8, 4) is 17.2 Å². The van der Waals surface area contributed by atoms with Gasteiger partial charge in [0.25, 0.3) is 0 Å². The minimum atomic E-state index is -1.01. The number of para-hydroxylation sites is 1. The van der Waals surface area contributed by atoms with Crippen molar-refractivity contribution in [3.63, 3.8) is 0 Å². The van der Waals surface area contributed by atoms with E-state index in [-0.39, 0.29) is 5.56 Å². The van der Waals surface area contributed by atoms with Gasteiger partial charge in [-0.2, -0.15) is 0 Å². The highest BCUT2D eigenvalue weighted by Crippen LogP contribution is 2.41. The van der Waals surface area contributed by atoms with Gasteiger partial charge in [-0.3, -0.25) is 0 Å². The summed E-state index contributed by atoms with van der Waals surface area (Å²) in [5.41, 5.74) is 3.28. The summed E-state index contributed by atoms with van der Waals surface area (Å²) in [6.45, 7) is 0. The molecule has 3 aromatic carbocycles. The van der Waals surface area contributed by atoms with Gasteiger partial charge in [0.2, 0.25) is 5.89 Å². The molecule has 6 nitrogen and oxygen atoms in total. The molecule has 0 aliphatic carbocycles. The summed E-state index contributed by atoms with van der Waals surface area (Å²) in [4.78, 5) is 15.7. The van der Waals surface area contributed by atoms with Gasteiger partial charge in [-0.05, 0) is 36.4 Å². The van der Waals surface area contributed by atoms with Gasteiger partial charge < -0.3 is 18.7 Å². The molecule has 2 heterocycles. The van der Waals surface area contributed by atoms with Gasteiger partial charge in [0.05, 0.1) is 12.7 Å². The van der Waals surface area contributed by atoms with E-state index in [0.29, 0.717) is 28.3 Å². The molecule has 0 amide bonds. The largest absolute Gasteiger partial charge is 0.493 e. The Morgan fingerprint density at radius 3 is 2.70 bits per heavy atom. The molecule has 0 bridgehead atoms. The standard InChI is InChI=1S/C21H13NO5/c1-25-17-9-7-13(18-12-4-2-3-5-15(12)26-19(17)18)20-22-14-10-11(21(23)24)6-8-16(14)27-20/h2-10H,1H3,(H,23,24). The molecule has 6 heteroatoms. The van der Waals surface area contributed by atoms with Crippen LogP contribution in [0.25, 0.3) is 44.5 Å². The number of methoxy groups -OCH3 is 1. The molecule has 0 aliphatic rings. The number of benzene rings is 3. The number of fused-ring (bicyclic) bond motifs is 4. The van der Waals surface area contributed by atoms with E-state index in [2.05, 4.69) is 4.98 Å². The summed E-state index contributed by atoms with van der Waals surface area (Å²) in [6, 6.07) is 16.0. The molecule has 5 rings (SSSR count). The highest BCUT2D eigenvalue weighted by molar-refractivity contribution is 6.13. The molecule has 0 saturated carbocycles. The molecule has 2 aromatic heterocycles. The molecule has 0 spiro atoms. The van der Waals surface area contributed by atoms with Crippen molar-refractivity contribution in [3.05, 3.63) is 60.2 Å². The van der Waals surface area contributed by atoms with Crippen LogP contribution in [0.5, 0.6) is 5.75 Å². The van der Waals surface area contributed by atoms with Gasteiger partial charge in [0, 0.05) is 16.3 Å². The highest BCUT2D eigenvalue weighted by atomic mass is 16.5. The molecule has 0 aliphatic heterocycles. The Morgan fingerprint density at radius 1 is 1.04 bits per heavy atom. The number of nitrogens with zero attached hydrogens (tertiary/aromatic N) is 1. The molecular weight excluding hydrogens is 346 g/mol. The lowest BCUT2D eigenvalue weighted by Crippen LogP contribution is -1.94. The summed E-state index contributed by atoms with van der Waals surface area (Å²) in [5, 5.41) is 10.9. The van der Waals surface area contributed by atoms with Gasteiger partial charge in [0.15, 0.2) is 16.9 Å². The van der Waals surface area contributed by atoms with Crippen molar-refractivity contribution in [1.82, 2.24) is 4.98 Å². The fourth-order valence-electron chi connectivity index (χ4n) is 3.32. The Balaban J connectivity index is 1.82. The molecule has 0 fully saturated rings. The maximum absolute atomic E-state index is 11.2. The monoisotopic (exact) mass is 359 g/mol. The Bertz CT molecular complexity index is 1350. The number of carboxylic acid groups (broad SMARTS) is 1. The number of hydrogen-bond donors (Lipinski definition) is 1. The van der Waals surface area contributed by atoms with Crippen LogP contribution >= 0.6 is 0 Å². The Hall–Kier alpha value is -3.80. The number of rotatable bonds is 3. The third-order valence-electron chi connectivity index (χ3n) is 4.57. The zero-order valence-electron chi connectivity index (χ0n) is 14.2. The van der Waals surface area contributed by atoms with Gasteiger partial charge in [-0.15, -0.1) is 0 Å². The van der Waals surface area contributed by atoms with Crippen LogP contribution in [-0.2, 0) is 0 Å². The number of ether oxygens (including phenoxy) is 1. The van der Waals surface area contributed by atoms with E-state index >= 15 is 0 Å². The fraction of sp³-hybridized carbons (Fsp3) is 0.0476. The summed E-state index contributed by atoms with van der Waals surface area (Å²) >= 11 is 0. The normalized spacial score (nSPS) is 11.4. The highest BCUT2D eigenvalue weighted by Gasteiger charge is 2.20. The molecule has 0 saturated heterocycles. The summed E-state index contributed by atoms with van der Waals surface area (Å²) < 4.78 is 17.3. The molecule has 1 N–H and O–H groups in total. The van der Waals surface area contributed by atoms with E-state index in [4.69, 9.17) is 13.6 Å². The van der Waals surface area contributed by atoms with Crippen molar-refractivity contribution in [2.75, 3.05) is 7.11 Å². The van der Waals surface area contributed by atoms with Crippen LogP contribution in [0.3, 0.4) is 0 Å². The van der Waals surface area contributed by atoms with E-state index in [1.807, 2.05) is 30.3 Å². The smallest absolute Gasteiger partial charge is 0.335 e. The second kappa shape index (κ2) is 5.60. The predicted octanol–water partition coefficient (Wildman–Crippen LogP) is 5.10. The van der Waals surface area contributed by atoms with Gasteiger partial charge in [0.1, 0.15) is 11.1 Å². The summed E-state index contributed by atoms with van der Waals surface area (Å²) in [7, 11) is 1.59. The van der Waals surface area contributed by atoms with Crippen LogP contribution in [0, 0.1) is 0 Å². The van der Waals surface area contributed by atoms with Crippen molar-refractivity contribution >= 4 is 39.0 Å². The number of furan rings is 1. The Morgan fingerprint density at radius 2 is 1.89 bits per heavy atom. The van der Waals surface area contributed by atoms with E-state index in [1.165, 1.54) is 12.1 Å². The number of oxazole rings is 1. The topological polar surface area (TPSA) is 85.7 Å². The molecule has 0 radical (unpaired) electrons. The van der Waals surface area contributed by atoms with Crippen LogP contribution in [0.4, 0.5) is 0 Å². The SMILES string of the molecule is COc1ccc(-c2nc3cc(C(=O)O)ccc3o2)c2c1oc1ccccc12. The fourth-order valence-corrected chi connectivity index (χ4v) is 3.32. The van der Waals surface area contributed by atoms with Crippen LogP contribution in [0.2, 0.25) is 0 Å². The van der Waals surface area contributed by atoms with E-state index in [0.717, 1.165) is 21.9 Å². The molecule has 5 aromatic rings. The van der Waals surface area contributed by atoms with Crippen LogP contribution < -0.4 is 4.74 Å². The second-order valence-corrected chi connectivity index (χ2v) is 6.12. The van der Waals surface area contributed by atoms with E-state index in [9.17, 15) is 9.90 Å². The third kappa shape index (κ3) is 2.27. The van der Waals surface area contributed by atoms with E-state index in [1.54, 1.807) is 19.2 Å². The van der Waals surface area contributed by atoms with Crippen molar-refractivity contribution in [1.29, 1.82) is 0 Å². The minimum absolute atomic E-state index is 0.163. The number of aromatic carboxylic acids is 1. The first-order chi connectivity index (χ1) is 13.2. The summed E-state index contributed by atoms with van der Waals surface area (Å²) in [6.07, 6.45) is 0. The maximum Gasteiger partial charge on any atom is 0.335 e. The average Bonchev–Trinajstić information content (AvgIpc) is 3.28. The molecule has 132 valence electrons. The van der Waals surface area contributed by atoms with Gasteiger partial charge >= 0.3 is 5.97 Å². The number of carboxylic acids is 1. The van der Waals surface area contributed by atoms with Crippen LogP contribution in [-0.4, -0.2) is 23.2 Å². The second-order valence-electron chi connectivity index (χ2n) is 6.12. The maximum atomic E-state index is 11.2. The molecular formula is C21H13NO5. The van der Waals surface area contributed by atoms with Crippen molar-refractivity contribution in [2.45, 2.75) is 0 Å². The molecule has 0 atom stereocenters. The first kappa shape index (κ1) is 15.5. The van der Waals surface area contributed by atoms with Crippen molar-refractivity contribution < 1.29 is 23.5 Å². The lowest BCUT2D eigenvalue weighted by Gasteiger charge is -2.03. The van der Waals surface area contributed by atoms with E-state index < -0.39 is 5.97 Å². The summed E-state index contributed by atoms with van der Waals surface area (Å²) in [5.74, 6) is 0.00934. The third-order valence-corrected chi connectivity index (χ3v) is 4.57.